The van der Waals surface area contributed by atoms with Crippen LogP contribution in [0.15, 0.2) is 199 Å². The summed E-state index contributed by atoms with van der Waals surface area (Å²) in [6, 6.07) is 62.9. The molecule has 0 saturated heterocycles. The highest BCUT2D eigenvalue weighted by Gasteiger charge is 2.44. The minimum Gasteiger partial charge on any atom is -0.436 e. The fourth-order valence-electron chi connectivity index (χ4n) is 8.38. The van der Waals surface area contributed by atoms with Crippen molar-refractivity contribution < 1.29 is 9.21 Å². The van der Waals surface area contributed by atoms with Gasteiger partial charge in [0.15, 0.2) is 5.58 Å². The molecule has 2 N–H and O–H groups in total. The first-order valence-corrected chi connectivity index (χ1v) is 23.7. The molecule has 3 heterocycles. The molecule has 64 heavy (non-hydrogen) atoms. The molecule has 0 atom stereocenters. The summed E-state index contributed by atoms with van der Waals surface area (Å²) < 4.78 is 6.33. The van der Waals surface area contributed by atoms with Crippen molar-refractivity contribution in [1.29, 1.82) is 0 Å². The number of aromatic nitrogens is 3. The Hall–Kier alpha value is -7.19. The van der Waals surface area contributed by atoms with Crippen molar-refractivity contribution in [2.75, 3.05) is 49.6 Å². The van der Waals surface area contributed by atoms with Crippen molar-refractivity contribution in [3.8, 4) is 11.5 Å². The summed E-state index contributed by atoms with van der Waals surface area (Å²) in [5, 5.41) is 12.9. The molecule has 0 bridgehead atoms. The number of carbonyl (C=O) groups excluding carboxylic acids is 1. The zero-order valence-corrected chi connectivity index (χ0v) is 36.8. The maximum atomic E-state index is 13.5. The average molecular weight is 861 g/mol. The van der Waals surface area contributed by atoms with E-state index in [1.807, 2.05) is 72.9 Å². The molecule has 0 unspecified atom stereocenters. The van der Waals surface area contributed by atoms with Crippen molar-refractivity contribution in [3.63, 3.8) is 0 Å². The summed E-state index contributed by atoms with van der Waals surface area (Å²) in [7, 11) is -0.0758. The van der Waals surface area contributed by atoms with Gasteiger partial charge in [-0.15, -0.1) is 0 Å². The van der Waals surface area contributed by atoms with Crippen LogP contribution in [0.3, 0.4) is 0 Å². The van der Waals surface area contributed by atoms with Crippen LogP contribution in [0.1, 0.15) is 11.4 Å². The molecule has 3 aromatic heterocycles. The number of nitrogens with zero attached hydrogens (tertiary/aromatic N) is 5. The number of likely N-dealkylation sites (N-methyl/N-ethyl adjacent to an activating group) is 1. The lowest BCUT2D eigenvalue weighted by Crippen LogP contribution is -2.40. The van der Waals surface area contributed by atoms with Crippen LogP contribution in [0.5, 0.6) is 0 Å². The summed E-state index contributed by atoms with van der Waals surface area (Å²) in [5.74, 6) is 0.560. The van der Waals surface area contributed by atoms with Crippen molar-refractivity contribution in [3.05, 3.63) is 206 Å². The molecule has 318 valence electrons. The Balaban J connectivity index is 0.828. The number of amides is 1. The van der Waals surface area contributed by atoms with E-state index in [0.717, 1.165) is 82.5 Å². The molecule has 0 fully saturated rings. The fourth-order valence-corrected chi connectivity index (χ4v) is 12.5. The molecule has 0 aliphatic heterocycles. The number of oxazole rings is 1. The maximum absolute atomic E-state index is 13.5. The van der Waals surface area contributed by atoms with Crippen LogP contribution in [0.4, 0.5) is 11.4 Å². The Labute approximate surface area is 375 Å². The molecule has 6 aromatic carbocycles. The van der Waals surface area contributed by atoms with Gasteiger partial charge in [-0.25, -0.2) is 4.98 Å². The largest absolute Gasteiger partial charge is 0.436 e. The third-order valence-corrected chi connectivity index (χ3v) is 16.1. The minimum absolute atomic E-state index is 0.0114. The molecular weight excluding hydrogens is 810 g/mol. The highest BCUT2D eigenvalue weighted by molar-refractivity contribution is 7.95. The predicted octanol–water partition coefficient (Wildman–Crippen LogP) is 9.10. The van der Waals surface area contributed by atoms with Gasteiger partial charge >= 0.3 is 0 Å². The van der Waals surface area contributed by atoms with Crippen LogP contribution in [0.25, 0.3) is 33.3 Å². The molecule has 0 aliphatic carbocycles. The quantitative estimate of drug-likeness (QED) is 0.0826. The molecule has 0 saturated carbocycles. The van der Waals surface area contributed by atoms with Gasteiger partial charge in [-0.3, -0.25) is 19.7 Å². The van der Waals surface area contributed by atoms with E-state index in [4.69, 9.17) is 9.40 Å². The smallest absolute Gasteiger partial charge is 0.239 e. The van der Waals surface area contributed by atoms with Crippen LogP contribution >= 0.6 is 7.26 Å². The summed E-state index contributed by atoms with van der Waals surface area (Å²) in [5.41, 5.74) is 6.41. The standard InChI is InChI=1S/C54H50N7O2P/c1-60(40-53(62)58-32-34-64(48-17-5-2-6-18-48,49-19-7-3-8-20-49)50-21-9-4-10-22-50)47-27-25-41-35-43(24-23-42(41)36-47)54-59-51-28-26-44(37-52(51)63-54)57-31-33-61(38-45-15-11-13-29-55-45)39-46-16-12-14-30-56-46/h2-30,35-37,57H,31-34,38-40H2,1H3/p+1. The minimum atomic E-state index is -2.04. The lowest BCUT2D eigenvalue weighted by Gasteiger charge is -2.28. The van der Waals surface area contributed by atoms with Gasteiger partial charge < -0.3 is 20.0 Å². The van der Waals surface area contributed by atoms with E-state index in [1.165, 1.54) is 15.9 Å². The van der Waals surface area contributed by atoms with Gasteiger partial charge in [-0.1, -0.05) is 78.9 Å². The second-order valence-corrected chi connectivity index (χ2v) is 19.6. The Morgan fingerprint density at radius 2 is 1.22 bits per heavy atom. The number of fused-ring (bicyclic) bond motifs is 2. The number of benzene rings is 6. The predicted molar refractivity (Wildman–Crippen MR) is 264 cm³/mol. The summed E-state index contributed by atoms with van der Waals surface area (Å²) in [6.07, 6.45) is 4.49. The number of pyridine rings is 2. The molecule has 9 nitrogen and oxygen atoms in total. The Bertz CT molecular complexity index is 2780. The zero-order valence-electron chi connectivity index (χ0n) is 35.9. The van der Waals surface area contributed by atoms with Crippen molar-refractivity contribution in [2.45, 2.75) is 13.1 Å². The van der Waals surface area contributed by atoms with E-state index in [1.54, 1.807) is 0 Å². The second-order valence-electron chi connectivity index (χ2n) is 16.0. The topological polar surface area (TPSA) is 99.4 Å². The Morgan fingerprint density at radius 1 is 0.625 bits per heavy atom. The van der Waals surface area contributed by atoms with Gasteiger partial charge in [0.2, 0.25) is 11.8 Å². The lowest BCUT2D eigenvalue weighted by atomic mass is 10.1. The highest BCUT2D eigenvalue weighted by atomic mass is 31.2. The van der Waals surface area contributed by atoms with Crippen LogP contribution in [-0.2, 0) is 17.9 Å². The van der Waals surface area contributed by atoms with E-state index < -0.39 is 7.26 Å². The monoisotopic (exact) mass is 860 g/mol. The molecule has 0 radical (unpaired) electrons. The number of nitrogens with one attached hydrogen (secondary N) is 2. The van der Waals surface area contributed by atoms with Gasteiger partial charge in [0.25, 0.3) is 0 Å². The normalized spacial score (nSPS) is 11.5. The highest BCUT2D eigenvalue weighted by Crippen LogP contribution is 2.54. The van der Waals surface area contributed by atoms with Crippen LogP contribution in [0.2, 0.25) is 0 Å². The number of carbonyl (C=O) groups is 1. The number of hydrogen-bond donors (Lipinski definition) is 2. The van der Waals surface area contributed by atoms with Crippen molar-refractivity contribution >= 4 is 62.3 Å². The van der Waals surface area contributed by atoms with Crippen LogP contribution in [-0.4, -0.2) is 65.1 Å². The van der Waals surface area contributed by atoms with E-state index in [9.17, 15) is 4.79 Å². The molecular formula is C54H51N7O2P+. The SMILES string of the molecule is CN(CC(=O)NCC[P+](c1ccccc1)(c1ccccc1)c1ccccc1)c1ccc2cc(-c3nc4ccc(NCCN(Cc5ccccn5)Cc5ccccn5)cc4o3)ccc2c1. The second kappa shape index (κ2) is 19.9. The summed E-state index contributed by atoms with van der Waals surface area (Å²) in [4.78, 5) is 31.8. The molecule has 0 aliphatic rings. The number of anilines is 2. The van der Waals surface area contributed by atoms with E-state index >= 15 is 0 Å². The van der Waals surface area contributed by atoms with Crippen LogP contribution in [0, 0.1) is 0 Å². The fraction of sp³-hybridized carbons (Fsp3) is 0.148. The van der Waals surface area contributed by atoms with Crippen molar-refractivity contribution in [1.82, 2.24) is 25.2 Å². The first kappa shape index (κ1) is 42.1. The van der Waals surface area contributed by atoms with E-state index in [0.29, 0.717) is 12.4 Å². The molecule has 0 spiro atoms. The van der Waals surface area contributed by atoms with Gasteiger partial charge in [0.1, 0.15) is 28.7 Å². The molecule has 10 heteroatoms. The summed E-state index contributed by atoms with van der Waals surface area (Å²) in [6.45, 7) is 3.80. The van der Waals surface area contributed by atoms with E-state index in [-0.39, 0.29) is 12.5 Å². The number of hydrogen-bond acceptors (Lipinski definition) is 8. The average Bonchev–Trinajstić information content (AvgIpc) is 3.78. The van der Waals surface area contributed by atoms with Crippen LogP contribution < -0.4 is 31.4 Å². The first-order chi connectivity index (χ1) is 31.5. The maximum Gasteiger partial charge on any atom is 0.239 e. The molecule has 9 aromatic rings. The van der Waals surface area contributed by atoms with Gasteiger partial charge in [-0.2, -0.15) is 0 Å². The first-order valence-electron chi connectivity index (χ1n) is 21.7. The molecule has 9 rings (SSSR count). The third kappa shape index (κ3) is 9.87. The van der Waals surface area contributed by atoms with Gasteiger partial charge in [-0.05, 0) is 108 Å². The van der Waals surface area contributed by atoms with Gasteiger partial charge in [0.05, 0.1) is 30.6 Å². The van der Waals surface area contributed by atoms with Crippen molar-refractivity contribution in [2.24, 2.45) is 0 Å². The molecule has 1 amide bonds. The Kier molecular flexibility index (Phi) is 13.1. The number of rotatable bonds is 18. The van der Waals surface area contributed by atoms with E-state index in [2.05, 4.69) is 159 Å². The zero-order chi connectivity index (χ0) is 43.6. The third-order valence-electron chi connectivity index (χ3n) is 11.6. The van der Waals surface area contributed by atoms with Gasteiger partial charge in [0, 0.05) is 68.6 Å². The lowest BCUT2D eigenvalue weighted by molar-refractivity contribution is -0.119. The Morgan fingerprint density at radius 3 is 1.83 bits per heavy atom. The summed E-state index contributed by atoms with van der Waals surface area (Å²) >= 11 is 0.